The summed E-state index contributed by atoms with van der Waals surface area (Å²) in [7, 11) is 1.35. The van der Waals surface area contributed by atoms with Gasteiger partial charge in [-0.25, -0.2) is 4.79 Å². The number of hydrogen-bond acceptors (Lipinski definition) is 7. The summed E-state index contributed by atoms with van der Waals surface area (Å²) in [5, 5.41) is 17.5. The fourth-order valence-corrected chi connectivity index (χ4v) is 2.78. The number of aromatic nitrogens is 1. The van der Waals surface area contributed by atoms with Crippen molar-refractivity contribution in [2.75, 3.05) is 13.7 Å². The molecule has 0 saturated heterocycles. The van der Waals surface area contributed by atoms with E-state index in [0.29, 0.717) is 29.4 Å². The van der Waals surface area contributed by atoms with Crippen molar-refractivity contribution in [2.45, 2.75) is 39.4 Å². The van der Waals surface area contributed by atoms with Gasteiger partial charge in [-0.1, -0.05) is 23.4 Å². The third-order valence-electron chi connectivity index (χ3n) is 4.62. The molecular weight excluding hydrogens is 364 g/mol. The number of benzene rings is 1. The van der Waals surface area contributed by atoms with E-state index >= 15 is 0 Å². The maximum atomic E-state index is 11.6. The molecule has 1 aliphatic rings. The highest BCUT2D eigenvalue weighted by Crippen LogP contribution is 2.30. The van der Waals surface area contributed by atoms with Gasteiger partial charge in [-0.05, 0) is 43.8 Å². The highest BCUT2D eigenvalue weighted by atomic mass is 16.6. The summed E-state index contributed by atoms with van der Waals surface area (Å²) < 4.78 is 16.2. The Morgan fingerprint density at radius 1 is 1.36 bits per heavy atom. The Kier molecular flexibility index (Phi) is 6.30. The first kappa shape index (κ1) is 19.9. The van der Waals surface area contributed by atoms with Crippen LogP contribution in [0.5, 0.6) is 0 Å². The fraction of sp³-hybridized carbons (Fsp3) is 0.450. The maximum absolute atomic E-state index is 11.6. The number of carbonyl (C=O) groups is 1. The second-order valence-electron chi connectivity index (χ2n) is 6.77. The molecule has 0 bridgehead atoms. The summed E-state index contributed by atoms with van der Waals surface area (Å²) >= 11 is 0. The highest BCUT2D eigenvalue weighted by molar-refractivity contribution is 5.96. The highest BCUT2D eigenvalue weighted by Gasteiger charge is 2.27. The van der Waals surface area contributed by atoms with Crippen LogP contribution in [0.4, 0.5) is 0 Å². The van der Waals surface area contributed by atoms with E-state index < -0.39 is 12.1 Å². The van der Waals surface area contributed by atoms with E-state index in [1.807, 2.05) is 6.92 Å². The molecule has 1 saturated carbocycles. The van der Waals surface area contributed by atoms with Crippen molar-refractivity contribution >= 4 is 11.9 Å². The van der Waals surface area contributed by atoms with Crippen molar-refractivity contribution < 1.29 is 28.7 Å². The number of methoxy groups -OCH3 is 1. The van der Waals surface area contributed by atoms with E-state index in [1.54, 1.807) is 31.2 Å². The molecule has 1 aromatic carbocycles. The summed E-state index contributed by atoms with van der Waals surface area (Å²) in [6.07, 6.45) is 1.10. The molecule has 3 rings (SSSR count). The van der Waals surface area contributed by atoms with Crippen molar-refractivity contribution in [3.8, 4) is 0 Å². The molecule has 1 N–H and O–H groups in total. The third-order valence-corrected chi connectivity index (χ3v) is 4.62. The number of carboxylic acid groups (broad SMARTS) is 1. The monoisotopic (exact) mass is 388 g/mol. The lowest BCUT2D eigenvalue weighted by Gasteiger charge is -2.17. The zero-order valence-electron chi connectivity index (χ0n) is 16.2. The van der Waals surface area contributed by atoms with Crippen molar-refractivity contribution in [1.82, 2.24) is 5.16 Å². The molecular formula is C20H24N2O6. The van der Waals surface area contributed by atoms with Crippen LogP contribution in [0.25, 0.3) is 0 Å². The third kappa shape index (κ3) is 4.69. The van der Waals surface area contributed by atoms with Gasteiger partial charge in [-0.3, -0.25) is 0 Å². The lowest BCUT2D eigenvalue weighted by molar-refractivity contribution is -0.148. The van der Waals surface area contributed by atoms with Crippen LogP contribution in [-0.4, -0.2) is 35.8 Å². The molecule has 1 aromatic heterocycles. The molecule has 0 aliphatic heterocycles. The molecule has 1 atom stereocenters. The van der Waals surface area contributed by atoms with Crippen molar-refractivity contribution in [3.63, 3.8) is 0 Å². The summed E-state index contributed by atoms with van der Waals surface area (Å²) in [5.41, 5.74) is 2.53. The summed E-state index contributed by atoms with van der Waals surface area (Å²) in [6.45, 7) is 4.31. The minimum Gasteiger partial charge on any atom is -0.479 e. The average Bonchev–Trinajstić information content (AvgIpc) is 3.45. The number of rotatable bonds is 9. The van der Waals surface area contributed by atoms with Gasteiger partial charge in [0, 0.05) is 18.2 Å². The Morgan fingerprint density at radius 2 is 2.11 bits per heavy atom. The molecule has 1 heterocycles. The standard InChI is InChI=1S/C20H24N2O6/c1-12-17(13(2)28-21-12)11-27-22-19(26-10-14-8-9-14)16-7-5-4-6-15(16)18(25-3)20(23)24/h4-7,14,18H,8-11H2,1-3H3,(H,23,24). The normalized spacial score (nSPS) is 15.3. The van der Waals surface area contributed by atoms with Crippen LogP contribution in [0.15, 0.2) is 33.9 Å². The largest absolute Gasteiger partial charge is 0.479 e. The number of aryl methyl sites for hydroxylation is 2. The Morgan fingerprint density at radius 3 is 2.71 bits per heavy atom. The van der Waals surface area contributed by atoms with Crippen LogP contribution in [0.1, 0.15) is 47.1 Å². The fourth-order valence-electron chi connectivity index (χ4n) is 2.78. The lowest BCUT2D eigenvalue weighted by atomic mass is 10.0. The van der Waals surface area contributed by atoms with E-state index in [9.17, 15) is 9.90 Å². The van der Waals surface area contributed by atoms with E-state index in [1.165, 1.54) is 7.11 Å². The molecule has 8 heteroatoms. The Bertz CT molecular complexity index is 837. The van der Waals surface area contributed by atoms with Crippen LogP contribution in [0, 0.1) is 19.8 Å². The van der Waals surface area contributed by atoms with E-state index in [-0.39, 0.29) is 12.5 Å². The predicted molar refractivity (Wildman–Crippen MR) is 99.8 cm³/mol. The smallest absolute Gasteiger partial charge is 0.337 e. The predicted octanol–water partition coefficient (Wildman–Crippen LogP) is 3.37. The molecule has 2 aromatic rings. The number of nitrogens with zero attached hydrogens (tertiary/aromatic N) is 2. The summed E-state index contributed by atoms with van der Waals surface area (Å²) in [6, 6.07) is 6.96. The van der Waals surface area contributed by atoms with Gasteiger partial charge in [0.15, 0.2) is 6.10 Å². The van der Waals surface area contributed by atoms with Gasteiger partial charge in [0.05, 0.1) is 17.9 Å². The molecule has 8 nitrogen and oxygen atoms in total. The second kappa shape index (κ2) is 8.88. The first-order valence-electron chi connectivity index (χ1n) is 9.10. The van der Waals surface area contributed by atoms with Crippen LogP contribution in [-0.2, 0) is 25.7 Å². The van der Waals surface area contributed by atoms with Gasteiger partial charge in [0.25, 0.3) is 5.90 Å². The SMILES string of the molecule is COC(C(=O)O)c1ccccc1C(=NOCc1c(C)noc1C)OCC1CC1. The minimum atomic E-state index is -1.13. The summed E-state index contributed by atoms with van der Waals surface area (Å²) in [4.78, 5) is 17.1. The van der Waals surface area contributed by atoms with Crippen LogP contribution < -0.4 is 0 Å². The van der Waals surface area contributed by atoms with Gasteiger partial charge in [0.1, 0.15) is 12.4 Å². The lowest BCUT2D eigenvalue weighted by Crippen LogP contribution is -2.19. The molecule has 0 spiro atoms. The topological polar surface area (TPSA) is 103 Å². The van der Waals surface area contributed by atoms with Crippen LogP contribution in [0.3, 0.4) is 0 Å². The van der Waals surface area contributed by atoms with Gasteiger partial charge in [-0.15, -0.1) is 0 Å². The number of hydrogen-bond donors (Lipinski definition) is 1. The van der Waals surface area contributed by atoms with Gasteiger partial charge < -0.3 is 23.9 Å². The zero-order chi connectivity index (χ0) is 20.1. The van der Waals surface area contributed by atoms with Gasteiger partial charge in [0.2, 0.25) is 0 Å². The summed E-state index contributed by atoms with van der Waals surface area (Å²) in [5.74, 6) is 0.308. The molecule has 150 valence electrons. The molecule has 0 radical (unpaired) electrons. The molecule has 0 amide bonds. The Labute approximate surface area is 163 Å². The quantitative estimate of drug-likeness (QED) is 0.399. The van der Waals surface area contributed by atoms with Crippen molar-refractivity contribution in [2.24, 2.45) is 11.1 Å². The zero-order valence-corrected chi connectivity index (χ0v) is 16.2. The van der Waals surface area contributed by atoms with Crippen molar-refractivity contribution in [1.29, 1.82) is 0 Å². The van der Waals surface area contributed by atoms with E-state index in [0.717, 1.165) is 24.1 Å². The average molecular weight is 388 g/mol. The molecule has 1 aliphatic carbocycles. The number of carboxylic acids is 1. The molecule has 1 unspecified atom stereocenters. The van der Waals surface area contributed by atoms with Gasteiger partial charge in [-0.2, -0.15) is 0 Å². The van der Waals surface area contributed by atoms with Crippen LogP contribution >= 0.6 is 0 Å². The Balaban J connectivity index is 1.86. The van der Waals surface area contributed by atoms with Crippen LogP contribution in [0.2, 0.25) is 0 Å². The molecule has 1 fully saturated rings. The van der Waals surface area contributed by atoms with E-state index in [4.69, 9.17) is 18.8 Å². The molecule has 28 heavy (non-hydrogen) atoms. The van der Waals surface area contributed by atoms with Gasteiger partial charge >= 0.3 is 5.97 Å². The number of oxime groups is 1. The van der Waals surface area contributed by atoms with E-state index in [2.05, 4.69) is 10.3 Å². The first-order chi connectivity index (χ1) is 13.5. The Hall–Kier alpha value is -2.87. The minimum absolute atomic E-state index is 0.173. The van der Waals surface area contributed by atoms with Crippen molar-refractivity contribution in [3.05, 3.63) is 52.4 Å². The second-order valence-corrected chi connectivity index (χ2v) is 6.77. The number of aliphatic carboxylic acids is 1. The number of ether oxygens (including phenoxy) is 2. The maximum Gasteiger partial charge on any atom is 0.337 e. The first-order valence-corrected chi connectivity index (χ1v) is 9.10.